The molecule has 0 radical (unpaired) electrons. The molecule has 0 aliphatic rings. The van der Waals surface area contributed by atoms with Crippen molar-refractivity contribution in [3.05, 3.63) is 29.6 Å². The number of pyridine rings is 1. The van der Waals surface area contributed by atoms with Crippen LogP contribution < -0.4 is 5.32 Å². The molecule has 0 amide bonds. The van der Waals surface area contributed by atoms with Crippen molar-refractivity contribution in [2.45, 2.75) is 19.5 Å². The van der Waals surface area contributed by atoms with Crippen molar-refractivity contribution in [1.29, 1.82) is 0 Å². The molecule has 0 aromatic carbocycles. The molecule has 0 fully saturated rings. The van der Waals surface area contributed by atoms with E-state index in [-0.39, 0.29) is 11.8 Å². The summed E-state index contributed by atoms with van der Waals surface area (Å²) in [7, 11) is -1.68. The molecule has 0 saturated carbocycles. The molecule has 6 nitrogen and oxygen atoms in total. The van der Waals surface area contributed by atoms with E-state index in [0.717, 1.165) is 5.69 Å². The molecule has 19 heavy (non-hydrogen) atoms. The Balaban J connectivity index is 2.52. The standard InChI is InChI=1S/C12H18N2O4S/c1-9(8-19(3,16)17)13-7-11-5-4-10(6-14-11)12(15)18-2/h4-6,9,13H,7-8H2,1-3H3. The first-order chi connectivity index (χ1) is 8.81. The van der Waals surface area contributed by atoms with Crippen molar-refractivity contribution < 1.29 is 17.9 Å². The van der Waals surface area contributed by atoms with Crippen LogP contribution in [0.25, 0.3) is 0 Å². The first kappa shape index (κ1) is 15.6. The fourth-order valence-corrected chi connectivity index (χ4v) is 2.59. The Morgan fingerprint density at radius 2 is 2.16 bits per heavy atom. The lowest BCUT2D eigenvalue weighted by Crippen LogP contribution is -2.32. The molecule has 0 saturated heterocycles. The number of carbonyl (C=O) groups is 1. The van der Waals surface area contributed by atoms with Gasteiger partial charge < -0.3 is 10.1 Å². The first-order valence-corrected chi connectivity index (χ1v) is 7.82. The van der Waals surface area contributed by atoms with E-state index < -0.39 is 15.8 Å². The summed E-state index contributed by atoms with van der Waals surface area (Å²) in [5.74, 6) is -0.356. The van der Waals surface area contributed by atoms with Crippen molar-refractivity contribution >= 4 is 15.8 Å². The minimum absolute atomic E-state index is 0.0766. The maximum Gasteiger partial charge on any atom is 0.339 e. The van der Waals surface area contributed by atoms with E-state index in [2.05, 4.69) is 15.0 Å². The van der Waals surface area contributed by atoms with Gasteiger partial charge in [-0.1, -0.05) is 0 Å². The molecule has 0 spiro atoms. The Bertz CT molecular complexity index is 525. The number of esters is 1. The molecule has 1 atom stereocenters. The lowest BCUT2D eigenvalue weighted by atomic mass is 10.2. The second-order valence-electron chi connectivity index (χ2n) is 4.40. The number of aromatic nitrogens is 1. The van der Waals surface area contributed by atoms with Crippen LogP contribution in [0, 0.1) is 0 Å². The van der Waals surface area contributed by atoms with E-state index in [1.54, 1.807) is 19.1 Å². The number of carbonyl (C=O) groups excluding carboxylic acids is 1. The minimum Gasteiger partial charge on any atom is -0.465 e. The summed E-state index contributed by atoms with van der Waals surface area (Å²) in [5, 5.41) is 3.06. The molecule has 0 aliphatic heterocycles. The zero-order chi connectivity index (χ0) is 14.5. The van der Waals surface area contributed by atoms with Crippen LogP contribution in [0.5, 0.6) is 0 Å². The van der Waals surface area contributed by atoms with Crippen LogP contribution in [-0.4, -0.2) is 44.5 Å². The molecule has 0 aliphatic carbocycles. The molecule has 1 aromatic heterocycles. The molecule has 0 bridgehead atoms. The second kappa shape index (κ2) is 6.63. The normalized spacial score (nSPS) is 13.0. The number of nitrogens with one attached hydrogen (secondary N) is 1. The van der Waals surface area contributed by atoms with Crippen LogP contribution >= 0.6 is 0 Å². The lowest BCUT2D eigenvalue weighted by molar-refractivity contribution is 0.0600. The van der Waals surface area contributed by atoms with Crippen molar-refractivity contribution in [2.75, 3.05) is 19.1 Å². The van der Waals surface area contributed by atoms with E-state index in [1.807, 2.05) is 0 Å². The number of sulfone groups is 1. The van der Waals surface area contributed by atoms with Crippen molar-refractivity contribution in [3.8, 4) is 0 Å². The Labute approximate surface area is 113 Å². The number of rotatable bonds is 6. The highest BCUT2D eigenvalue weighted by Crippen LogP contribution is 2.02. The van der Waals surface area contributed by atoms with Gasteiger partial charge in [0.2, 0.25) is 0 Å². The predicted octanol–water partition coefficient (Wildman–Crippen LogP) is 0.391. The van der Waals surface area contributed by atoms with E-state index >= 15 is 0 Å². The van der Waals surface area contributed by atoms with Crippen molar-refractivity contribution in [1.82, 2.24) is 10.3 Å². The van der Waals surface area contributed by atoms with Crippen LogP contribution in [0.1, 0.15) is 23.0 Å². The smallest absolute Gasteiger partial charge is 0.339 e. The number of nitrogens with zero attached hydrogens (tertiary/aromatic N) is 1. The third-order valence-electron chi connectivity index (χ3n) is 2.43. The van der Waals surface area contributed by atoms with E-state index in [9.17, 15) is 13.2 Å². The Morgan fingerprint density at radius 1 is 1.47 bits per heavy atom. The van der Waals surface area contributed by atoms with Crippen LogP contribution in [0.15, 0.2) is 18.3 Å². The third-order valence-corrected chi connectivity index (χ3v) is 3.54. The summed E-state index contributed by atoms with van der Waals surface area (Å²) >= 11 is 0. The van der Waals surface area contributed by atoms with E-state index in [4.69, 9.17) is 0 Å². The number of methoxy groups -OCH3 is 1. The van der Waals surface area contributed by atoms with E-state index in [1.165, 1.54) is 19.6 Å². The second-order valence-corrected chi connectivity index (χ2v) is 6.59. The predicted molar refractivity (Wildman–Crippen MR) is 71.6 cm³/mol. The van der Waals surface area contributed by atoms with Gasteiger partial charge in [0.25, 0.3) is 0 Å². The monoisotopic (exact) mass is 286 g/mol. The van der Waals surface area contributed by atoms with E-state index in [0.29, 0.717) is 12.1 Å². The van der Waals surface area contributed by atoms with Gasteiger partial charge in [-0.2, -0.15) is 0 Å². The van der Waals surface area contributed by atoms with Crippen LogP contribution in [0.4, 0.5) is 0 Å². The fourth-order valence-electron chi connectivity index (χ4n) is 1.56. The Kier molecular flexibility index (Phi) is 5.44. The Hall–Kier alpha value is -1.47. The highest BCUT2D eigenvalue weighted by molar-refractivity contribution is 7.90. The summed E-state index contributed by atoms with van der Waals surface area (Å²) in [6.45, 7) is 2.24. The minimum atomic E-state index is -2.99. The molecular weight excluding hydrogens is 268 g/mol. The molecule has 7 heteroatoms. The highest BCUT2D eigenvalue weighted by Gasteiger charge is 2.10. The number of hydrogen-bond acceptors (Lipinski definition) is 6. The molecule has 1 N–H and O–H groups in total. The first-order valence-electron chi connectivity index (χ1n) is 5.76. The zero-order valence-electron chi connectivity index (χ0n) is 11.2. The maximum absolute atomic E-state index is 11.2. The molecule has 1 unspecified atom stereocenters. The molecule has 1 rings (SSSR count). The molecule has 1 aromatic rings. The average Bonchev–Trinajstić information content (AvgIpc) is 2.34. The molecule has 106 valence electrons. The quantitative estimate of drug-likeness (QED) is 0.761. The van der Waals surface area contributed by atoms with Gasteiger partial charge in [-0.15, -0.1) is 0 Å². The Morgan fingerprint density at radius 3 is 2.63 bits per heavy atom. The van der Waals surface area contributed by atoms with Crippen molar-refractivity contribution in [3.63, 3.8) is 0 Å². The van der Waals surface area contributed by atoms with Gasteiger partial charge in [-0.05, 0) is 19.1 Å². The highest BCUT2D eigenvalue weighted by atomic mass is 32.2. The zero-order valence-corrected chi connectivity index (χ0v) is 12.0. The van der Waals surface area contributed by atoms with Gasteiger partial charge in [0.05, 0.1) is 24.1 Å². The number of hydrogen-bond donors (Lipinski definition) is 1. The third kappa shape index (κ3) is 5.80. The summed E-state index contributed by atoms with van der Waals surface area (Å²) in [4.78, 5) is 15.3. The molecular formula is C12H18N2O4S. The van der Waals surface area contributed by atoms with Gasteiger partial charge in [0.15, 0.2) is 0 Å². The summed E-state index contributed by atoms with van der Waals surface area (Å²) < 4.78 is 26.8. The summed E-state index contributed by atoms with van der Waals surface area (Å²) in [6, 6.07) is 3.17. The topological polar surface area (TPSA) is 85.4 Å². The maximum atomic E-state index is 11.2. The van der Waals surface area contributed by atoms with Gasteiger partial charge in [-0.25, -0.2) is 13.2 Å². The van der Waals surface area contributed by atoms with Crippen LogP contribution in [0.2, 0.25) is 0 Å². The van der Waals surface area contributed by atoms with Gasteiger partial charge in [-0.3, -0.25) is 4.98 Å². The summed E-state index contributed by atoms with van der Waals surface area (Å²) in [6.07, 6.45) is 2.64. The molecule has 1 heterocycles. The fraction of sp³-hybridized carbons (Fsp3) is 0.500. The largest absolute Gasteiger partial charge is 0.465 e. The van der Waals surface area contributed by atoms with Crippen LogP contribution in [-0.2, 0) is 21.1 Å². The SMILES string of the molecule is COC(=O)c1ccc(CNC(C)CS(C)(=O)=O)nc1. The van der Waals surface area contributed by atoms with Gasteiger partial charge in [0, 0.05) is 25.0 Å². The van der Waals surface area contributed by atoms with Gasteiger partial charge >= 0.3 is 5.97 Å². The van der Waals surface area contributed by atoms with Gasteiger partial charge in [0.1, 0.15) is 9.84 Å². The lowest BCUT2D eigenvalue weighted by Gasteiger charge is -2.12. The average molecular weight is 286 g/mol. The van der Waals surface area contributed by atoms with Crippen molar-refractivity contribution in [2.24, 2.45) is 0 Å². The summed E-state index contributed by atoms with van der Waals surface area (Å²) in [5.41, 5.74) is 1.11. The number of ether oxygens (including phenoxy) is 1. The van der Waals surface area contributed by atoms with Crippen LogP contribution in [0.3, 0.4) is 0 Å².